The zero-order chi connectivity index (χ0) is 13.7. The minimum absolute atomic E-state index is 0.399. The van der Waals surface area contributed by atoms with Crippen molar-refractivity contribution in [2.24, 2.45) is 5.73 Å². The van der Waals surface area contributed by atoms with Crippen LogP contribution in [0.4, 0.5) is 0 Å². The summed E-state index contributed by atoms with van der Waals surface area (Å²) in [7, 11) is 0. The first kappa shape index (κ1) is 14.5. The van der Waals surface area contributed by atoms with E-state index in [1.54, 1.807) is 0 Å². The monoisotopic (exact) mass is 267 g/mol. The largest absolute Gasteiger partial charge is 0.444 e. The summed E-state index contributed by atoms with van der Waals surface area (Å²) in [6, 6.07) is 0. The lowest BCUT2D eigenvalue weighted by Crippen LogP contribution is -2.36. The van der Waals surface area contributed by atoms with Gasteiger partial charge in [0.05, 0.1) is 18.3 Å². The summed E-state index contributed by atoms with van der Waals surface area (Å²) in [5.41, 5.74) is 6.46. The standard InChI is InChI=1S/C14H25N3O2/c1-11-12(2)19-14(16-11)10-17-7-4-13(5-8-17)18-9-3-6-15/h13H,3-10,15H2,1-2H3. The van der Waals surface area contributed by atoms with Gasteiger partial charge < -0.3 is 14.9 Å². The van der Waals surface area contributed by atoms with Gasteiger partial charge in [0, 0.05) is 19.7 Å². The summed E-state index contributed by atoms with van der Waals surface area (Å²) >= 11 is 0. The van der Waals surface area contributed by atoms with Crippen molar-refractivity contribution in [1.82, 2.24) is 9.88 Å². The Balaban J connectivity index is 1.71. The van der Waals surface area contributed by atoms with Crippen molar-refractivity contribution in [3.05, 3.63) is 17.3 Å². The van der Waals surface area contributed by atoms with Gasteiger partial charge in [-0.1, -0.05) is 0 Å². The van der Waals surface area contributed by atoms with Crippen LogP contribution in [0, 0.1) is 13.8 Å². The minimum atomic E-state index is 0.399. The first-order valence-electron chi connectivity index (χ1n) is 7.16. The molecule has 0 unspecified atom stereocenters. The van der Waals surface area contributed by atoms with Crippen LogP contribution >= 0.6 is 0 Å². The van der Waals surface area contributed by atoms with E-state index in [-0.39, 0.29) is 0 Å². The number of likely N-dealkylation sites (tertiary alicyclic amines) is 1. The Morgan fingerprint density at radius 1 is 1.37 bits per heavy atom. The lowest BCUT2D eigenvalue weighted by Gasteiger charge is -2.30. The zero-order valence-electron chi connectivity index (χ0n) is 12.0. The molecule has 5 heteroatoms. The summed E-state index contributed by atoms with van der Waals surface area (Å²) in [6.45, 7) is 8.36. The van der Waals surface area contributed by atoms with Crippen molar-refractivity contribution in [1.29, 1.82) is 0 Å². The third kappa shape index (κ3) is 4.30. The molecule has 1 aliphatic rings. The molecule has 0 radical (unpaired) electrons. The number of aryl methyl sites for hydroxylation is 2. The van der Waals surface area contributed by atoms with Crippen molar-refractivity contribution < 1.29 is 9.15 Å². The fourth-order valence-corrected chi connectivity index (χ4v) is 2.37. The van der Waals surface area contributed by atoms with Crippen LogP contribution in [0.25, 0.3) is 0 Å². The van der Waals surface area contributed by atoms with Crippen molar-refractivity contribution in [2.45, 2.75) is 45.8 Å². The molecule has 0 aromatic carbocycles. The minimum Gasteiger partial charge on any atom is -0.444 e. The maximum Gasteiger partial charge on any atom is 0.208 e. The van der Waals surface area contributed by atoms with Gasteiger partial charge in [0.25, 0.3) is 0 Å². The molecule has 0 amide bonds. The maximum atomic E-state index is 5.80. The Hall–Kier alpha value is -0.910. The van der Waals surface area contributed by atoms with Crippen molar-refractivity contribution in [3.8, 4) is 0 Å². The summed E-state index contributed by atoms with van der Waals surface area (Å²) in [5.74, 6) is 1.76. The molecule has 0 bridgehead atoms. The van der Waals surface area contributed by atoms with Crippen molar-refractivity contribution in [3.63, 3.8) is 0 Å². The van der Waals surface area contributed by atoms with Gasteiger partial charge in [-0.25, -0.2) is 4.98 Å². The first-order valence-corrected chi connectivity index (χ1v) is 7.16. The second-order valence-electron chi connectivity index (χ2n) is 5.24. The van der Waals surface area contributed by atoms with Crippen LogP contribution in [0.1, 0.15) is 36.6 Å². The second kappa shape index (κ2) is 7.03. The Bertz CT molecular complexity index is 365. The summed E-state index contributed by atoms with van der Waals surface area (Å²) < 4.78 is 11.4. The number of piperidine rings is 1. The average molecular weight is 267 g/mol. The Kier molecular flexibility index (Phi) is 5.36. The molecule has 0 spiro atoms. The smallest absolute Gasteiger partial charge is 0.208 e. The molecular weight excluding hydrogens is 242 g/mol. The van der Waals surface area contributed by atoms with Crippen LogP contribution < -0.4 is 5.73 Å². The molecule has 1 saturated heterocycles. The summed E-state index contributed by atoms with van der Waals surface area (Å²) in [5, 5.41) is 0. The van der Waals surface area contributed by atoms with Crippen molar-refractivity contribution in [2.75, 3.05) is 26.2 Å². The number of rotatable bonds is 6. The molecule has 0 saturated carbocycles. The SMILES string of the molecule is Cc1nc(CN2CCC(OCCCN)CC2)oc1C. The van der Waals surface area contributed by atoms with E-state index in [2.05, 4.69) is 9.88 Å². The van der Waals surface area contributed by atoms with Crippen LogP contribution in [-0.2, 0) is 11.3 Å². The van der Waals surface area contributed by atoms with Gasteiger partial charge in [0.2, 0.25) is 5.89 Å². The molecule has 1 aromatic heterocycles. The highest BCUT2D eigenvalue weighted by atomic mass is 16.5. The highest BCUT2D eigenvalue weighted by molar-refractivity contribution is 5.05. The Morgan fingerprint density at radius 3 is 2.68 bits per heavy atom. The van der Waals surface area contributed by atoms with E-state index in [0.29, 0.717) is 12.6 Å². The molecule has 5 nitrogen and oxygen atoms in total. The molecule has 108 valence electrons. The molecule has 2 heterocycles. The van der Waals surface area contributed by atoms with Crippen LogP contribution in [0.3, 0.4) is 0 Å². The Morgan fingerprint density at radius 2 is 2.11 bits per heavy atom. The number of ether oxygens (including phenoxy) is 1. The van der Waals surface area contributed by atoms with Crippen LogP contribution in [0.5, 0.6) is 0 Å². The van der Waals surface area contributed by atoms with E-state index in [4.69, 9.17) is 14.9 Å². The first-order chi connectivity index (χ1) is 9.19. The number of nitrogens with two attached hydrogens (primary N) is 1. The molecule has 0 aliphatic carbocycles. The molecule has 19 heavy (non-hydrogen) atoms. The van der Waals surface area contributed by atoms with E-state index in [1.165, 1.54) is 0 Å². The number of hydrogen-bond donors (Lipinski definition) is 1. The fourth-order valence-electron chi connectivity index (χ4n) is 2.37. The second-order valence-corrected chi connectivity index (χ2v) is 5.24. The van der Waals surface area contributed by atoms with Gasteiger partial charge in [-0.2, -0.15) is 0 Å². The fraction of sp³-hybridized carbons (Fsp3) is 0.786. The topological polar surface area (TPSA) is 64.5 Å². The van der Waals surface area contributed by atoms with E-state index >= 15 is 0 Å². The number of hydrogen-bond acceptors (Lipinski definition) is 5. The third-order valence-corrected chi connectivity index (χ3v) is 3.67. The number of oxazole rings is 1. The molecule has 1 aliphatic heterocycles. The normalized spacial score (nSPS) is 18.1. The van der Waals surface area contributed by atoms with Gasteiger partial charge in [0.1, 0.15) is 5.76 Å². The number of aromatic nitrogens is 1. The molecule has 1 aromatic rings. The quantitative estimate of drug-likeness (QED) is 0.793. The lowest BCUT2D eigenvalue weighted by molar-refractivity contribution is 0.00409. The Labute approximate surface area is 115 Å². The highest BCUT2D eigenvalue weighted by Crippen LogP contribution is 2.17. The average Bonchev–Trinajstić information content (AvgIpc) is 2.71. The van der Waals surface area contributed by atoms with Crippen LogP contribution in [-0.4, -0.2) is 42.2 Å². The maximum absolute atomic E-state index is 5.80. The molecule has 2 rings (SSSR count). The molecular formula is C14H25N3O2. The van der Waals surface area contributed by atoms with Crippen LogP contribution in [0.2, 0.25) is 0 Å². The molecule has 1 fully saturated rings. The lowest BCUT2D eigenvalue weighted by atomic mass is 10.1. The molecule has 0 atom stereocenters. The van der Waals surface area contributed by atoms with Gasteiger partial charge in [-0.3, -0.25) is 4.90 Å². The predicted octanol–water partition coefficient (Wildman–Crippen LogP) is 1.62. The van der Waals surface area contributed by atoms with Crippen molar-refractivity contribution >= 4 is 0 Å². The summed E-state index contributed by atoms with van der Waals surface area (Å²) in [4.78, 5) is 6.81. The highest BCUT2D eigenvalue weighted by Gasteiger charge is 2.21. The van der Waals surface area contributed by atoms with Gasteiger partial charge >= 0.3 is 0 Å². The summed E-state index contributed by atoms with van der Waals surface area (Å²) in [6.07, 6.45) is 3.53. The van der Waals surface area contributed by atoms with E-state index in [9.17, 15) is 0 Å². The zero-order valence-corrected chi connectivity index (χ0v) is 12.0. The number of nitrogens with zero attached hydrogens (tertiary/aromatic N) is 2. The van der Waals surface area contributed by atoms with Gasteiger partial charge in [-0.15, -0.1) is 0 Å². The van der Waals surface area contributed by atoms with Gasteiger partial charge in [0.15, 0.2) is 0 Å². The van der Waals surface area contributed by atoms with Gasteiger partial charge in [-0.05, 0) is 39.7 Å². The van der Waals surface area contributed by atoms with Crippen LogP contribution in [0.15, 0.2) is 4.42 Å². The molecule has 2 N–H and O–H groups in total. The van der Waals surface area contributed by atoms with E-state index in [1.807, 2.05) is 13.8 Å². The van der Waals surface area contributed by atoms with E-state index in [0.717, 1.165) is 62.8 Å². The predicted molar refractivity (Wildman–Crippen MR) is 73.9 cm³/mol. The third-order valence-electron chi connectivity index (χ3n) is 3.67. The van der Waals surface area contributed by atoms with E-state index < -0.39 is 0 Å².